The van der Waals surface area contributed by atoms with Crippen LogP contribution in [0.25, 0.3) is 38.2 Å². The molecule has 1 aliphatic rings. The summed E-state index contributed by atoms with van der Waals surface area (Å²) in [6, 6.07) is 4.04. The molecule has 28 nitrogen and oxygen atoms in total. The van der Waals surface area contributed by atoms with Gasteiger partial charge in [0.15, 0.2) is 33.6 Å². The maximum atomic E-state index is 14.3. The lowest BCUT2D eigenvalue weighted by Gasteiger charge is -2.39. The van der Waals surface area contributed by atoms with Gasteiger partial charge in [-0.2, -0.15) is 0 Å². The third kappa shape index (κ3) is 15.6. The third-order valence-corrected chi connectivity index (χ3v) is 16.9. The smallest absolute Gasteiger partial charge is 0.284 e. The summed E-state index contributed by atoms with van der Waals surface area (Å²) in [7, 11) is 0. The van der Waals surface area contributed by atoms with Crippen molar-refractivity contribution in [2.75, 3.05) is 52.4 Å². The van der Waals surface area contributed by atoms with Crippen LogP contribution in [0.2, 0.25) is 0 Å². The fourth-order valence-corrected chi connectivity index (χ4v) is 12.3. The van der Waals surface area contributed by atoms with E-state index in [0.29, 0.717) is 48.5 Å². The molecule has 0 fully saturated rings. The molecule has 0 N–H and O–H groups in total. The van der Waals surface area contributed by atoms with E-state index >= 15 is 0 Å². The summed E-state index contributed by atoms with van der Waals surface area (Å²) >= 11 is 0. The molecule has 0 radical (unpaired) electrons. The van der Waals surface area contributed by atoms with Gasteiger partial charge in [-0.1, -0.05) is 130 Å². The minimum Gasteiger partial charge on any atom is -0.324 e. The number of non-ortho nitro benzene ring substituents is 6. The fraction of sp³-hybridized carbons (Fsp3) is 0.516. The summed E-state index contributed by atoms with van der Waals surface area (Å²) in [5.41, 5.74) is -15.4. The second-order valence-electron chi connectivity index (χ2n) is 23.1. The maximum absolute atomic E-state index is 14.3. The quantitative estimate of drug-likeness (QED) is 0.0164. The van der Waals surface area contributed by atoms with Crippen molar-refractivity contribution in [2.45, 2.75) is 158 Å². The second-order valence-corrected chi connectivity index (χ2v) is 23.1. The highest BCUT2D eigenvalue weighted by Crippen LogP contribution is 2.54. The molecule has 7 rings (SSSR count). The number of fused-ring (bicyclic) bond motifs is 6. The molecule has 0 aromatic heterocycles. The van der Waals surface area contributed by atoms with Gasteiger partial charge in [-0.05, 0) is 63.5 Å². The van der Waals surface area contributed by atoms with Gasteiger partial charge in [-0.3, -0.25) is 90.5 Å². The van der Waals surface area contributed by atoms with E-state index in [4.69, 9.17) is 0 Å². The monoisotopic (exact) mass is 1250 g/mol. The first-order valence-electron chi connectivity index (χ1n) is 30.9. The Labute approximate surface area is 517 Å². The van der Waals surface area contributed by atoms with Crippen molar-refractivity contribution >= 4 is 72.6 Å². The van der Waals surface area contributed by atoms with E-state index in [-0.39, 0.29) is 0 Å². The Balaban J connectivity index is 0.000000354. The van der Waals surface area contributed by atoms with Crippen molar-refractivity contribution in [3.8, 4) is 11.1 Å². The highest BCUT2D eigenvalue weighted by Gasteiger charge is 2.42. The van der Waals surface area contributed by atoms with Crippen LogP contribution < -0.4 is 16.1 Å². The normalized spacial score (nSPS) is 11.8. The highest BCUT2D eigenvalue weighted by molar-refractivity contribution is 6.21. The summed E-state index contributed by atoms with van der Waals surface area (Å²) in [4.78, 5) is 116. The van der Waals surface area contributed by atoms with Crippen molar-refractivity contribution < 1.29 is 48.4 Å². The van der Waals surface area contributed by atoms with Gasteiger partial charge in [0.25, 0.3) is 22.7 Å². The number of benzene rings is 4. The number of rotatable bonds is 32. The molecule has 0 unspecified atom stereocenters. The first-order valence-corrected chi connectivity index (χ1v) is 30.9. The number of nitrogens with zero attached hydrogens (tertiary/aromatic N) is 10. The summed E-state index contributed by atoms with van der Waals surface area (Å²) in [6.07, 6.45) is 22.1. The Bertz CT molecular complexity index is 3650. The number of nitro benzene ring substituents is 8. The van der Waals surface area contributed by atoms with Crippen LogP contribution in [0.1, 0.15) is 169 Å². The van der Waals surface area contributed by atoms with Gasteiger partial charge < -0.3 is 8.97 Å². The Morgan fingerprint density at radius 1 is 0.344 bits per heavy atom. The van der Waals surface area contributed by atoms with Gasteiger partial charge in [0.2, 0.25) is 0 Å². The molecule has 0 heterocycles. The summed E-state index contributed by atoms with van der Waals surface area (Å²) < 4.78 is 2.84. The minimum atomic E-state index is -1.47. The summed E-state index contributed by atoms with van der Waals surface area (Å²) in [5, 5.41) is 90.4. The van der Waals surface area contributed by atoms with Gasteiger partial charge in [0.05, 0.1) is 106 Å². The molecule has 0 amide bonds. The number of quaternary nitrogens is 2. The van der Waals surface area contributed by atoms with Crippen LogP contribution in [0.15, 0.2) is 58.1 Å². The highest BCUT2D eigenvalue weighted by atomic mass is 16.7. The van der Waals surface area contributed by atoms with E-state index in [0.717, 1.165) is 0 Å². The molecule has 6 aromatic rings. The van der Waals surface area contributed by atoms with Gasteiger partial charge in [-0.25, -0.2) is 0 Å². The van der Waals surface area contributed by atoms with Gasteiger partial charge in [0.1, 0.15) is 0 Å². The Hall–Kier alpha value is -9.18. The SMILES string of the molecule is CCCC[N+](CCCC)(CCCC)CCCC.CCCC[N+](CCCC)(CCCC)CCCC.O=c1c(=C2c3cc([N+](=O)[O-])cc([N+](=O)[O-])c3-c3c2cc([N+](=O)[O-])cc3[N+](=O)[O-])c(=O)c1=c1c2c[c-]([N+](=O)[O-])cc([N+](=O)[O-])c2c2c([N+](=O)[O-])c[c-]([N+](=O)[O-])cc12. The molecule has 486 valence electrons. The fourth-order valence-electron chi connectivity index (χ4n) is 12.3. The molecule has 1 aliphatic carbocycles. The first-order chi connectivity index (χ1) is 42.7. The second kappa shape index (κ2) is 31.8. The van der Waals surface area contributed by atoms with E-state index in [1.165, 1.54) is 164 Å². The molecule has 28 heteroatoms. The molecule has 0 saturated heterocycles. The molecule has 0 bridgehead atoms. The molecule has 0 aliphatic heterocycles. The molecule has 6 aromatic carbocycles. The standard InChI is InChI=1S/C30H8N8O18.2C16H36N/c39-29-27(21-13-1-9(31(41)42)5-17(35(49)50)23(13)24-14(21)2-10(32(43)44)6-18(24)36(51)52)30(40)28(29)22-15-3-11(33(45)46)7-19(37(53)54)25(15)26-16(22)4-12(34(47)48)8-20(26)38(55)56;2*1-5-9-13-17(14-10-6-2,15-11-7-3)16-12-8-4/h1-8H;2*5-16H2,1-4H3/q-2;2*+1. The largest absolute Gasteiger partial charge is 0.324 e. The Kier molecular flexibility index (Phi) is 25.3. The molecule has 90 heavy (non-hydrogen) atoms. The van der Waals surface area contributed by atoms with Crippen LogP contribution in [0, 0.1) is 91.4 Å². The zero-order chi connectivity index (χ0) is 66.9. The predicted octanol–water partition coefficient (Wildman–Crippen LogP) is 14.1. The lowest BCUT2D eigenvalue weighted by molar-refractivity contribution is -0.929. The van der Waals surface area contributed by atoms with E-state index < -0.39 is 161 Å². The van der Waals surface area contributed by atoms with Gasteiger partial charge in [-0.15, -0.1) is 16.0 Å². The average Bonchev–Trinajstić information content (AvgIpc) is 1.51. The zero-order valence-electron chi connectivity index (χ0n) is 52.4. The van der Waals surface area contributed by atoms with E-state index in [1.54, 1.807) is 0 Å². The topological polar surface area (TPSA) is 379 Å². The number of hydrogen-bond donors (Lipinski definition) is 0. The van der Waals surface area contributed by atoms with Crippen molar-refractivity contribution in [2.24, 2.45) is 0 Å². The lowest BCUT2D eigenvalue weighted by atomic mass is 9.95. The summed E-state index contributed by atoms with van der Waals surface area (Å²) in [5.74, 6) is 0. The molecule has 0 atom stereocenters. The van der Waals surface area contributed by atoms with Crippen molar-refractivity contribution in [3.63, 3.8) is 0 Å². The van der Waals surface area contributed by atoms with Crippen LogP contribution in [0.4, 0.5) is 45.5 Å². The van der Waals surface area contributed by atoms with Crippen LogP contribution >= 0.6 is 0 Å². The number of unbranched alkanes of at least 4 members (excludes halogenated alkanes) is 8. The minimum absolute atomic E-state index is 0.408. The number of hydrogen-bond acceptors (Lipinski definition) is 18. The molecule has 0 spiro atoms. The molecule has 0 saturated carbocycles. The lowest BCUT2D eigenvalue weighted by Crippen LogP contribution is -2.51. The zero-order valence-corrected chi connectivity index (χ0v) is 52.4. The van der Waals surface area contributed by atoms with Gasteiger partial charge in [0, 0.05) is 48.5 Å². The third-order valence-electron chi connectivity index (χ3n) is 16.9. The van der Waals surface area contributed by atoms with Crippen LogP contribution in [0.3, 0.4) is 0 Å². The first kappa shape index (κ1) is 71.6. The Morgan fingerprint density at radius 3 is 0.833 bits per heavy atom. The summed E-state index contributed by atoms with van der Waals surface area (Å²) in [6.45, 7) is 30.0. The van der Waals surface area contributed by atoms with E-state index in [2.05, 4.69) is 55.4 Å². The van der Waals surface area contributed by atoms with Crippen LogP contribution in [0.5, 0.6) is 0 Å². The van der Waals surface area contributed by atoms with Crippen molar-refractivity contribution in [1.82, 2.24) is 0 Å². The maximum Gasteiger partial charge on any atom is 0.284 e. The molecular formula is C62H80N10O18. The van der Waals surface area contributed by atoms with Crippen LogP contribution in [-0.2, 0) is 0 Å². The van der Waals surface area contributed by atoms with Crippen molar-refractivity contribution in [3.05, 3.63) is 177 Å². The average molecular weight is 1250 g/mol. The molecular weight excluding hydrogens is 1170 g/mol. The Morgan fingerprint density at radius 2 is 0.611 bits per heavy atom. The van der Waals surface area contributed by atoms with Gasteiger partial charge >= 0.3 is 0 Å². The van der Waals surface area contributed by atoms with E-state index in [9.17, 15) is 90.5 Å². The van der Waals surface area contributed by atoms with Crippen molar-refractivity contribution in [1.29, 1.82) is 0 Å². The predicted molar refractivity (Wildman–Crippen MR) is 341 cm³/mol. The number of nitro groups is 8. The van der Waals surface area contributed by atoms with E-state index in [1.807, 2.05) is 0 Å². The van der Waals surface area contributed by atoms with Crippen LogP contribution in [-0.4, -0.2) is 101 Å².